The highest BCUT2D eigenvalue weighted by Gasteiger charge is 2.24. The second-order valence-corrected chi connectivity index (χ2v) is 6.90. The van der Waals surface area contributed by atoms with Crippen molar-refractivity contribution in [2.75, 3.05) is 6.54 Å². The van der Waals surface area contributed by atoms with Gasteiger partial charge in [0.05, 0.1) is 12.1 Å². The first-order valence-electron chi connectivity index (χ1n) is 8.75. The zero-order valence-electron chi connectivity index (χ0n) is 15.4. The normalized spacial score (nSPS) is 13.8. The Morgan fingerprint density at radius 3 is 2.81 bits per heavy atom. The van der Waals surface area contributed by atoms with E-state index in [1.807, 2.05) is 13.8 Å². The highest BCUT2D eigenvalue weighted by molar-refractivity contribution is 5.79. The van der Waals surface area contributed by atoms with Gasteiger partial charge in [-0.05, 0) is 13.8 Å². The molecule has 0 atom stereocenters. The summed E-state index contributed by atoms with van der Waals surface area (Å²) in [5.41, 5.74) is 4.12. The number of rotatable bonds is 2. The molecule has 4 heterocycles. The molecular formula is C18H20N6O3. The third-order valence-electron chi connectivity index (χ3n) is 5.12. The molecule has 9 nitrogen and oxygen atoms in total. The second-order valence-electron chi connectivity index (χ2n) is 6.90. The standard InChI is InChI=1S/C18H20N6O3/c1-10-13(11(2)24-15(19-10)8-16(25)21-24)7-18(27)23-5-4-14-12(9-23)6-17(26)22(3)20-14/h6,8H,4-5,7,9H2,1-3H3,(H,21,25). The van der Waals surface area contributed by atoms with E-state index in [9.17, 15) is 14.4 Å². The van der Waals surface area contributed by atoms with Crippen LogP contribution < -0.4 is 11.1 Å². The van der Waals surface area contributed by atoms with Crippen molar-refractivity contribution in [2.24, 2.45) is 7.05 Å². The zero-order chi connectivity index (χ0) is 19.3. The maximum Gasteiger partial charge on any atom is 0.266 e. The van der Waals surface area contributed by atoms with E-state index in [4.69, 9.17) is 0 Å². The van der Waals surface area contributed by atoms with Gasteiger partial charge in [0.2, 0.25) is 5.91 Å². The maximum absolute atomic E-state index is 12.9. The van der Waals surface area contributed by atoms with Crippen LogP contribution in [0.25, 0.3) is 5.65 Å². The Morgan fingerprint density at radius 2 is 2.04 bits per heavy atom. The number of carbonyl (C=O) groups is 1. The van der Waals surface area contributed by atoms with Crippen molar-refractivity contribution in [1.82, 2.24) is 29.3 Å². The van der Waals surface area contributed by atoms with E-state index in [0.29, 0.717) is 25.2 Å². The van der Waals surface area contributed by atoms with Crippen LogP contribution in [0.5, 0.6) is 0 Å². The zero-order valence-corrected chi connectivity index (χ0v) is 15.4. The molecule has 3 aromatic heterocycles. The Hall–Kier alpha value is -3.23. The van der Waals surface area contributed by atoms with E-state index >= 15 is 0 Å². The van der Waals surface area contributed by atoms with Crippen LogP contribution in [-0.4, -0.2) is 41.7 Å². The third-order valence-corrected chi connectivity index (χ3v) is 5.12. The molecule has 0 aromatic carbocycles. The van der Waals surface area contributed by atoms with Crippen molar-refractivity contribution in [3.8, 4) is 0 Å². The van der Waals surface area contributed by atoms with Gasteiger partial charge in [-0.1, -0.05) is 0 Å². The summed E-state index contributed by atoms with van der Waals surface area (Å²) in [4.78, 5) is 42.5. The highest BCUT2D eigenvalue weighted by atomic mass is 16.2. The summed E-state index contributed by atoms with van der Waals surface area (Å²) in [7, 11) is 1.63. The summed E-state index contributed by atoms with van der Waals surface area (Å²) in [6, 6.07) is 2.98. The molecular weight excluding hydrogens is 348 g/mol. The van der Waals surface area contributed by atoms with E-state index in [1.54, 1.807) is 22.5 Å². The molecule has 0 fully saturated rings. The van der Waals surface area contributed by atoms with Gasteiger partial charge in [0.15, 0.2) is 5.65 Å². The summed E-state index contributed by atoms with van der Waals surface area (Å²) in [5, 5.41) is 6.97. The van der Waals surface area contributed by atoms with Crippen LogP contribution in [0.4, 0.5) is 0 Å². The molecule has 0 aliphatic carbocycles. The molecule has 0 bridgehead atoms. The van der Waals surface area contributed by atoms with Gasteiger partial charge in [0, 0.05) is 61.2 Å². The molecule has 140 valence electrons. The van der Waals surface area contributed by atoms with Crippen LogP contribution >= 0.6 is 0 Å². The fourth-order valence-corrected chi connectivity index (χ4v) is 3.58. The number of hydrogen-bond acceptors (Lipinski definition) is 5. The summed E-state index contributed by atoms with van der Waals surface area (Å²) in [5.74, 6) is -0.0387. The van der Waals surface area contributed by atoms with Crippen LogP contribution in [0.3, 0.4) is 0 Å². The quantitative estimate of drug-likeness (QED) is 0.678. The molecule has 9 heteroatoms. The maximum atomic E-state index is 12.9. The Bertz CT molecular complexity index is 1190. The van der Waals surface area contributed by atoms with E-state index in [1.165, 1.54) is 10.7 Å². The number of H-pyrrole nitrogens is 1. The van der Waals surface area contributed by atoms with Crippen molar-refractivity contribution >= 4 is 11.6 Å². The molecule has 1 N–H and O–H groups in total. The van der Waals surface area contributed by atoms with Crippen molar-refractivity contribution in [1.29, 1.82) is 0 Å². The smallest absolute Gasteiger partial charge is 0.266 e. The first kappa shape index (κ1) is 17.2. The number of carbonyl (C=O) groups excluding carboxylic acids is 1. The van der Waals surface area contributed by atoms with Gasteiger partial charge in [0.25, 0.3) is 11.1 Å². The number of aromatic amines is 1. The molecule has 27 heavy (non-hydrogen) atoms. The molecule has 3 aromatic rings. The summed E-state index contributed by atoms with van der Waals surface area (Å²) in [6.07, 6.45) is 0.809. The summed E-state index contributed by atoms with van der Waals surface area (Å²) >= 11 is 0. The van der Waals surface area contributed by atoms with Gasteiger partial charge in [-0.2, -0.15) is 5.10 Å². The Kier molecular flexibility index (Phi) is 3.94. The fourth-order valence-electron chi connectivity index (χ4n) is 3.58. The van der Waals surface area contributed by atoms with Gasteiger partial charge in [-0.15, -0.1) is 0 Å². The first-order valence-corrected chi connectivity index (χ1v) is 8.75. The average Bonchev–Trinajstić information content (AvgIpc) is 2.99. The second kappa shape index (κ2) is 6.19. The van der Waals surface area contributed by atoms with Crippen molar-refractivity contribution < 1.29 is 4.79 Å². The number of hydrogen-bond donors (Lipinski definition) is 1. The van der Waals surface area contributed by atoms with Crippen LogP contribution in [0.15, 0.2) is 21.7 Å². The topological polar surface area (TPSA) is 105 Å². The number of amides is 1. The number of fused-ring (bicyclic) bond motifs is 2. The minimum atomic E-state index is -0.227. The van der Waals surface area contributed by atoms with Crippen molar-refractivity contribution in [3.05, 3.63) is 61.0 Å². The van der Waals surface area contributed by atoms with Gasteiger partial charge in [-0.25, -0.2) is 14.2 Å². The number of nitrogens with one attached hydrogen (secondary N) is 1. The minimum Gasteiger partial charge on any atom is -0.338 e. The lowest BCUT2D eigenvalue weighted by Crippen LogP contribution is -2.39. The molecule has 0 saturated heterocycles. The van der Waals surface area contributed by atoms with Crippen molar-refractivity contribution in [3.63, 3.8) is 0 Å². The molecule has 4 rings (SSSR count). The number of aryl methyl sites for hydroxylation is 3. The Morgan fingerprint density at radius 1 is 1.26 bits per heavy atom. The molecule has 0 saturated carbocycles. The van der Waals surface area contributed by atoms with Crippen LogP contribution in [0.1, 0.15) is 28.2 Å². The van der Waals surface area contributed by atoms with Crippen molar-refractivity contribution in [2.45, 2.75) is 33.2 Å². The summed E-state index contributed by atoms with van der Waals surface area (Å²) < 4.78 is 2.93. The van der Waals surface area contributed by atoms with Crippen LogP contribution in [0.2, 0.25) is 0 Å². The molecule has 1 amide bonds. The van der Waals surface area contributed by atoms with Gasteiger partial charge in [0.1, 0.15) is 0 Å². The molecule has 1 aliphatic rings. The van der Waals surface area contributed by atoms with Gasteiger partial charge < -0.3 is 4.90 Å². The molecule has 0 unspecified atom stereocenters. The monoisotopic (exact) mass is 368 g/mol. The van der Waals surface area contributed by atoms with Crippen LogP contribution in [0, 0.1) is 13.8 Å². The van der Waals surface area contributed by atoms with E-state index in [0.717, 1.165) is 28.2 Å². The minimum absolute atomic E-state index is 0.0387. The Labute approximate surface area is 154 Å². The van der Waals surface area contributed by atoms with Gasteiger partial charge >= 0.3 is 0 Å². The Balaban J connectivity index is 1.61. The highest BCUT2D eigenvalue weighted by Crippen LogP contribution is 2.19. The van der Waals surface area contributed by atoms with E-state index in [2.05, 4.69) is 15.2 Å². The number of nitrogens with zero attached hydrogens (tertiary/aromatic N) is 5. The lowest BCUT2D eigenvalue weighted by atomic mass is 10.0. The first-order chi connectivity index (χ1) is 12.8. The van der Waals surface area contributed by atoms with Gasteiger partial charge in [-0.3, -0.25) is 19.5 Å². The largest absolute Gasteiger partial charge is 0.338 e. The van der Waals surface area contributed by atoms with E-state index in [-0.39, 0.29) is 23.4 Å². The summed E-state index contributed by atoms with van der Waals surface area (Å²) in [6.45, 7) is 4.64. The lowest BCUT2D eigenvalue weighted by Gasteiger charge is -2.28. The van der Waals surface area contributed by atoms with E-state index < -0.39 is 0 Å². The SMILES string of the molecule is Cc1nc2cc(=O)[nH]n2c(C)c1CC(=O)N1CCc2nn(C)c(=O)cc2C1. The number of aromatic nitrogens is 5. The third kappa shape index (κ3) is 2.94. The lowest BCUT2D eigenvalue weighted by molar-refractivity contribution is -0.131. The predicted molar refractivity (Wildman–Crippen MR) is 97.6 cm³/mol. The molecule has 0 spiro atoms. The predicted octanol–water partition coefficient (Wildman–Crippen LogP) is -0.139. The fraction of sp³-hybridized carbons (Fsp3) is 0.389. The molecule has 1 aliphatic heterocycles. The molecule has 0 radical (unpaired) electrons. The average molecular weight is 368 g/mol. The van der Waals surface area contributed by atoms with Crippen LogP contribution in [-0.2, 0) is 31.2 Å².